The molecule has 1 atom stereocenters. The molecule has 0 saturated heterocycles. The Hall–Kier alpha value is -3.73. The molecule has 8 nitrogen and oxygen atoms in total. The first-order valence-corrected chi connectivity index (χ1v) is 9.69. The average Bonchev–Trinajstić information content (AvgIpc) is 3.40. The summed E-state index contributed by atoms with van der Waals surface area (Å²) in [4.78, 5) is 13.6. The highest BCUT2D eigenvalue weighted by molar-refractivity contribution is 5.76. The fourth-order valence-electron chi connectivity index (χ4n) is 3.40. The molecule has 4 rings (SSSR count). The first kappa shape index (κ1) is 18.6. The van der Waals surface area contributed by atoms with E-state index in [2.05, 4.69) is 37.9 Å². The number of benzene rings is 1. The second-order valence-corrected chi connectivity index (χ2v) is 6.62. The summed E-state index contributed by atoms with van der Waals surface area (Å²) < 4.78 is 3.96. The molecular weight excluding hydrogens is 364 g/mol. The number of nitrogens with zero attached hydrogens (tertiary/aromatic N) is 7. The van der Waals surface area contributed by atoms with Gasteiger partial charge in [-0.3, -0.25) is 4.68 Å². The lowest BCUT2D eigenvalue weighted by molar-refractivity contribution is 0.591. The molecule has 0 fully saturated rings. The molecule has 1 aromatic carbocycles. The molecule has 1 unspecified atom stereocenters. The molecule has 0 aliphatic heterocycles. The van der Waals surface area contributed by atoms with E-state index in [0.717, 1.165) is 30.5 Å². The number of fused-ring (bicyclic) bond motifs is 1. The lowest BCUT2D eigenvalue weighted by atomic mass is 10.1. The van der Waals surface area contributed by atoms with Crippen molar-refractivity contribution in [1.82, 2.24) is 29.3 Å². The van der Waals surface area contributed by atoms with Crippen molar-refractivity contribution in [2.24, 2.45) is 0 Å². The Balaban J connectivity index is 1.52. The Labute approximate surface area is 168 Å². The number of nitrogens with one attached hydrogen (secondary N) is 1. The van der Waals surface area contributed by atoms with Gasteiger partial charge in [0.15, 0.2) is 0 Å². The van der Waals surface area contributed by atoms with Crippen LogP contribution in [0.4, 0.5) is 5.95 Å². The number of nitriles is 1. The zero-order valence-corrected chi connectivity index (χ0v) is 16.2. The van der Waals surface area contributed by atoms with E-state index in [1.165, 1.54) is 0 Å². The van der Waals surface area contributed by atoms with Crippen LogP contribution in [-0.4, -0.2) is 35.8 Å². The van der Waals surface area contributed by atoms with Crippen LogP contribution in [0.25, 0.3) is 11.0 Å². The van der Waals surface area contributed by atoms with Crippen LogP contribution in [0.1, 0.15) is 30.8 Å². The molecule has 8 heteroatoms. The van der Waals surface area contributed by atoms with Crippen molar-refractivity contribution in [2.45, 2.75) is 32.4 Å². The summed E-state index contributed by atoms with van der Waals surface area (Å²) in [7, 11) is 0. The van der Waals surface area contributed by atoms with Crippen LogP contribution in [0.2, 0.25) is 0 Å². The number of para-hydroxylation sites is 2. The van der Waals surface area contributed by atoms with Gasteiger partial charge in [-0.15, -0.1) is 0 Å². The van der Waals surface area contributed by atoms with Gasteiger partial charge in [-0.25, -0.2) is 15.0 Å². The predicted octanol–water partition coefficient (Wildman–Crippen LogP) is 3.20. The van der Waals surface area contributed by atoms with Gasteiger partial charge in [-0.1, -0.05) is 12.1 Å². The Morgan fingerprint density at radius 2 is 2.03 bits per heavy atom. The molecule has 1 N–H and O–H groups in total. The zero-order chi connectivity index (χ0) is 20.1. The Morgan fingerprint density at radius 3 is 2.83 bits per heavy atom. The summed E-state index contributed by atoms with van der Waals surface area (Å²) in [6, 6.07) is 14.0. The highest BCUT2D eigenvalue weighted by atomic mass is 15.3. The van der Waals surface area contributed by atoms with Crippen molar-refractivity contribution < 1.29 is 0 Å². The largest absolute Gasteiger partial charge is 0.354 e. The molecular formula is C21H22N8. The van der Waals surface area contributed by atoms with E-state index in [4.69, 9.17) is 4.98 Å². The third-order valence-electron chi connectivity index (χ3n) is 4.77. The summed E-state index contributed by atoms with van der Waals surface area (Å²) in [5.41, 5.74) is 2.55. The standard InChI is InChI=1S/C21H22N8/c1-2-29-19-8-4-3-7-18(19)26-20(29)16(15-22)17-9-12-24-21(27-17)23-10-5-13-28-14-6-11-25-28/h3-4,6-9,11-12,14,16H,2,5,10,13H2,1H3,(H,23,24,27). The third-order valence-corrected chi connectivity index (χ3v) is 4.77. The third kappa shape index (κ3) is 3.94. The number of anilines is 1. The van der Waals surface area contributed by atoms with E-state index in [-0.39, 0.29) is 0 Å². The maximum atomic E-state index is 9.89. The van der Waals surface area contributed by atoms with Crippen molar-refractivity contribution in [2.75, 3.05) is 11.9 Å². The molecule has 146 valence electrons. The van der Waals surface area contributed by atoms with E-state index in [9.17, 15) is 5.26 Å². The van der Waals surface area contributed by atoms with Crippen molar-refractivity contribution in [3.63, 3.8) is 0 Å². The summed E-state index contributed by atoms with van der Waals surface area (Å²) in [5, 5.41) is 17.3. The van der Waals surface area contributed by atoms with Crippen LogP contribution in [-0.2, 0) is 13.1 Å². The molecule has 0 aliphatic rings. The van der Waals surface area contributed by atoms with Crippen molar-refractivity contribution in [1.29, 1.82) is 5.26 Å². The van der Waals surface area contributed by atoms with Gasteiger partial charge in [0.05, 0.1) is 22.8 Å². The SMILES string of the molecule is CCn1c(C(C#N)c2ccnc(NCCCn3cccn3)n2)nc2ccccc21. The number of aryl methyl sites for hydroxylation is 2. The maximum Gasteiger partial charge on any atom is 0.222 e. The monoisotopic (exact) mass is 386 g/mol. The molecule has 0 radical (unpaired) electrons. The summed E-state index contributed by atoms with van der Waals surface area (Å²) >= 11 is 0. The highest BCUT2D eigenvalue weighted by Crippen LogP contribution is 2.26. The Morgan fingerprint density at radius 1 is 1.14 bits per heavy atom. The van der Waals surface area contributed by atoms with Gasteiger partial charge in [-0.05, 0) is 37.6 Å². The topological polar surface area (TPSA) is 97.2 Å². The lowest BCUT2D eigenvalue weighted by Gasteiger charge is -2.12. The van der Waals surface area contributed by atoms with Crippen LogP contribution in [0, 0.1) is 11.3 Å². The smallest absolute Gasteiger partial charge is 0.222 e. The van der Waals surface area contributed by atoms with Crippen molar-refractivity contribution in [3.05, 3.63) is 66.5 Å². The summed E-state index contributed by atoms with van der Waals surface area (Å²) in [6.07, 6.45) is 6.28. The number of hydrogen-bond acceptors (Lipinski definition) is 6. The van der Waals surface area contributed by atoms with Gasteiger partial charge in [0, 0.05) is 38.2 Å². The van der Waals surface area contributed by atoms with Gasteiger partial charge in [0.1, 0.15) is 11.7 Å². The van der Waals surface area contributed by atoms with Gasteiger partial charge < -0.3 is 9.88 Å². The van der Waals surface area contributed by atoms with Crippen molar-refractivity contribution in [3.8, 4) is 6.07 Å². The summed E-state index contributed by atoms with van der Waals surface area (Å²) in [5.74, 6) is 0.664. The molecule has 0 spiro atoms. The molecule has 3 heterocycles. The van der Waals surface area contributed by atoms with E-state index < -0.39 is 5.92 Å². The molecule has 0 amide bonds. The number of imidazole rings is 1. The molecule has 29 heavy (non-hydrogen) atoms. The lowest BCUT2D eigenvalue weighted by Crippen LogP contribution is -2.13. The fourth-order valence-corrected chi connectivity index (χ4v) is 3.40. The van der Waals surface area contributed by atoms with Gasteiger partial charge in [0.25, 0.3) is 0 Å². The maximum absolute atomic E-state index is 9.89. The number of hydrogen-bond donors (Lipinski definition) is 1. The first-order chi connectivity index (χ1) is 14.3. The van der Waals surface area contributed by atoms with Crippen LogP contribution < -0.4 is 5.32 Å². The van der Waals surface area contributed by atoms with Gasteiger partial charge in [-0.2, -0.15) is 10.4 Å². The van der Waals surface area contributed by atoms with E-state index in [1.54, 1.807) is 18.5 Å². The van der Waals surface area contributed by atoms with Crippen LogP contribution in [0.5, 0.6) is 0 Å². The fraction of sp³-hybridized carbons (Fsp3) is 0.286. The van der Waals surface area contributed by atoms with Gasteiger partial charge >= 0.3 is 0 Å². The van der Waals surface area contributed by atoms with Crippen molar-refractivity contribution >= 4 is 17.0 Å². The Bertz CT molecular complexity index is 1120. The molecule has 0 aliphatic carbocycles. The number of aromatic nitrogens is 6. The minimum atomic E-state index is -0.560. The highest BCUT2D eigenvalue weighted by Gasteiger charge is 2.23. The second kappa shape index (κ2) is 8.52. The molecule has 0 bridgehead atoms. The normalized spacial score (nSPS) is 12.0. The van der Waals surface area contributed by atoms with Crippen LogP contribution in [0.3, 0.4) is 0 Å². The van der Waals surface area contributed by atoms with Crippen LogP contribution in [0.15, 0.2) is 55.0 Å². The van der Waals surface area contributed by atoms with E-state index in [1.807, 2.05) is 41.2 Å². The van der Waals surface area contributed by atoms with Gasteiger partial charge in [0.2, 0.25) is 5.95 Å². The Kier molecular flexibility index (Phi) is 5.47. The van der Waals surface area contributed by atoms with Crippen LogP contribution >= 0.6 is 0 Å². The molecule has 3 aromatic heterocycles. The summed E-state index contributed by atoms with van der Waals surface area (Å²) in [6.45, 7) is 4.32. The van der Waals surface area contributed by atoms with E-state index >= 15 is 0 Å². The zero-order valence-electron chi connectivity index (χ0n) is 16.2. The first-order valence-electron chi connectivity index (χ1n) is 9.69. The average molecular weight is 386 g/mol. The predicted molar refractivity (Wildman–Crippen MR) is 110 cm³/mol. The quantitative estimate of drug-likeness (QED) is 0.467. The minimum Gasteiger partial charge on any atom is -0.354 e. The minimum absolute atomic E-state index is 0.516. The molecule has 0 saturated carbocycles. The second-order valence-electron chi connectivity index (χ2n) is 6.62. The van der Waals surface area contributed by atoms with E-state index in [0.29, 0.717) is 24.0 Å². The number of rotatable bonds is 8. The molecule has 4 aromatic rings.